The zero-order valence-electron chi connectivity index (χ0n) is 8.01. The van der Waals surface area contributed by atoms with Gasteiger partial charge in [0.1, 0.15) is 0 Å². The van der Waals surface area contributed by atoms with Crippen molar-refractivity contribution in [1.82, 2.24) is 4.90 Å². The van der Waals surface area contributed by atoms with Crippen LogP contribution in [0.5, 0.6) is 0 Å². The van der Waals surface area contributed by atoms with E-state index < -0.39 is 0 Å². The van der Waals surface area contributed by atoms with Crippen molar-refractivity contribution < 1.29 is 0 Å². The molecule has 68 valence electrons. The predicted octanol–water partition coefficient (Wildman–Crippen LogP) is 1.96. The zero-order chi connectivity index (χ0) is 8.72. The Bertz CT molecular complexity index is 186. The number of rotatable bonds is 1. The number of hydrogen-bond acceptors (Lipinski definition) is 1. The van der Waals surface area contributed by atoms with Crippen molar-refractivity contribution in [3.05, 3.63) is 0 Å². The highest BCUT2D eigenvalue weighted by Gasteiger charge is 2.35. The van der Waals surface area contributed by atoms with Crippen LogP contribution in [0.1, 0.15) is 26.7 Å². The van der Waals surface area contributed by atoms with Crippen molar-refractivity contribution in [2.45, 2.75) is 26.7 Å². The van der Waals surface area contributed by atoms with Crippen LogP contribution in [0.15, 0.2) is 0 Å². The first-order chi connectivity index (χ1) is 5.68. The fourth-order valence-corrected chi connectivity index (χ4v) is 1.94. The molecule has 1 saturated carbocycles. The highest BCUT2D eigenvalue weighted by atomic mass is 15.2. The summed E-state index contributed by atoms with van der Waals surface area (Å²) in [5.41, 5.74) is 0. The maximum Gasteiger partial charge on any atom is 0.0989 e. The molecule has 0 aromatic carbocycles. The van der Waals surface area contributed by atoms with Gasteiger partial charge in [0.05, 0.1) is 5.84 Å². The molecule has 1 aliphatic carbocycles. The molecule has 0 aromatic rings. The summed E-state index contributed by atoms with van der Waals surface area (Å²) in [5, 5.41) is 7.91. The van der Waals surface area contributed by atoms with E-state index in [0.29, 0.717) is 5.92 Å². The van der Waals surface area contributed by atoms with Crippen LogP contribution in [0, 0.1) is 23.2 Å². The van der Waals surface area contributed by atoms with E-state index >= 15 is 0 Å². The largest absolute Gasteiger partial charge is 0.360 e. The monoisotopic (exact) mass is 166 g/mol. The maximum absolute atomic E-state index is 7.91. The highest BCUT2D eigenvalue weighted by molar-refractivity contribution is 5.84. The smallest absolute Gasteiger partial charge is 0.0989 e. The molecule has 1 N–H and O–H groups in total. The van der Waals surface area contributed by atoms with Crippen LogP contribution < -0.4 is 0 Å². The van der Waals surface area contributed by atoms with E-state index in [4.69, 9.17) is 5.41 Å². The van der Waals surface area contributed by atoms with Gasteiger partial charge in [0.15, 0.2) is 0 Å². The van der Waals surface area contributed by atoms with E-state index in [1.54, 1.807) is 0 Å². The van der Waals surface area contributed by atoms with Gasteiger partial charge >= 0.3 is 0 Å². The lowest BCUT2D eigenvalue weighted by atomic mass is 10.0. The summed E-state index contributed by atoms with van der Waals surface area (Å²) >= 11 is 0. The third kappa shape index (κ3) is 1.35. The van der Waals surface area contributed by atoms with Gasteiger partial charge in [-0.1, -0.05) is 13.8 Å². The number of nitrogens with one attached hydrogen (secondary N) is 1. The molecule has 2 heteroatoms. The Hall–Kier alpha value is -0.530. The molecule has 2 unspecified atom stereocenters. The molecule has 2 aliphatic rings. The third-order valence-corrected chi connectivity index (χ3v) is 3.29. The molecule has 2 fully saturated rings. The topological polar surface area (TPSA) is 27.1 Å². The van der Waals surface area contributed by atoms with Crippen LogP contribution in [-0.2, 0) is 0 Å². The Labute approximate surface area is 74.5 Å². The summed E-state index contributed by atoms with van der Waals surface area (Å²) in [5.74, 6) is 3.11. The van der Waals surface area contributed by atoms with Gasteiger partial charge in [0.25, 0.3) is 0 Å². The number of nitrogens with zero attached hydrogens (tertiary/aromatic N) is 1. The number of amidine groups is 1. The molecule has 0 aromatic heterocycles. The van der Waals surface area contributed by atoms with Gasteiger partial charge in [-0.2, -0.15) is 0 Å². The van der Waals surface area contributed by atoms with Crippen molar-refractivity contribution in [2.75, 3.05) is 13.1 Å². The fraction of sp³-hybridized carbons (Fsp3) is 0.900. The summed E-state index contributed by atoms with van der Waals surface area (Å²) in [7, 11) is 0. The van der Waals surface area contributed by atoms with Crippen molar-refractivity contribution >= 4 is 5.84 Å². The second-order valence-corrected chi connectivity index (χ2v) is 4.52. The van der Waals surface area contributed by atoms with Crippen molar-refractivity contribution in [3.63, 3.8) is 0 Å². The Kier molecular flexibility index (Phi) is 1.85. The Morgan fingerprint density at radius 3 is 2.08 bits per heavy atom. The maximum atomic E-state index is 7.91. The van der Waals surface area contributed by atoms with Gasteiger partial charge < -0.3 is 4.90 Å². The van der Waals surface area contributed by atoms with Crippen LogP contribution in [-0.4, -0.2) is 23.8 Å². The molecule has 2 atom stereocenters. The van der Waals surface area contributed by atoms with Crippen molar-refractivity contribution in [3.8, 4) is 0 Å². The Morgan fingerprint density at radius 1 is 1.17 bits per heavy atom. The predicted molar refractivity (Wildman–Crippen MR) is 50.4 cm³/mol. The molecule has 1 aliphatic heterocycles. The van der Waals surface area contributed by atoms with E-state index in [1.807, 2.05) is 0 Å². The standard InChI is InChI=1S/C10H18N2/c1-7-5-12(6-8(7)2)10(11)9-3-4-9/h7-9,11H,3-6H2,1-2H3. The highest BCUT2D eigenvalue weighted by Crippen LogP contribution is 2.34. The zero-order valence-corrected chi connectivity index (χ0v) is 8.01. The van der Waals surface area contributed by atoms with E-state index in [0.717, 1.165) is 30.8 Å². The summed E-state index contributed by atoms with van der Waals surface area (Å²) in [4.78, 5) is 2.28. The lowest BCUT2D eigenvalue weighted by molar-refractivity contribution is 0.475. The molecular formula is C10H18N2. The Balaban J connectivity index is 1.93. The fourth-order valence-electron chi connectivity index (χ4n) is 1.94. The molecule has 12 heavy (non-hydrogen) atoms. The lowest BCUT2D eigenvalue weighted by Gasteiger charge is -2.18. The minimum Gasteiger partial charge on any atom is -0.360 e. The Morgan fingerprint density at radius 2 is 1.67 bits per heavy atom. The van der Waals surface area contributed by atoms with Crippen molar-refractivity contribution in [1.29, 1.82) is 5.41 Å². The average molecular weight is 166 g/mol. The first kappa shape index (κ1) is 8.09. The molecule has 0 amide bonds. The molecule has 2 rings (SSSR count). The summed E-state index contributed by atoms with van der Waals surface area (Å²) in [6.45, 7) is 6.84. The van der Waals surface area contributed by atoms with Gasteiger partial charge in [0, 0.05) is 19.0 Å². The van der Waals surface area contributed by atoms with E-state index in [1.165, 1.54) is 12.8 Å². The minimum absolute atomic E-state index is 0.627. The number of hydrogen-bond donors (Lipinski definition) is 1. The molecule has 2 nitrogen and oxygen atoms in total. The summed E-state index contributed by atoms with van der Waals surface area (Å²) in [6.07, 6.45) is 2.52. The lowest BCUT2D eigenvalue weighted by Crippen LogP contribution is -2.29. The first-order valence-corrected chi connectivity index (χ1v) is 5.02. The van der Waals surface area contributed by atoms with Crippen LogP contribution in [0.25, 0.3) is 0 Å². The van der Waals surface area contributed by atoms with Gasteiger partial charge in [-0.05, 0) is 24.7 Å². The molecule has 0 spiro atoms. The molecule has 0 bridgehead atoms. The molecule has 1 heterocycles. The second-order valence-electron chi connectivity index (χ2n) is 4.52. The van der Waals surface area contributed by atoms with E-state index in [2.05, 4.69) is 18.7 Å². The van der Waals surface area contributed by atoms with Crippen molar-refractivity contribution in [2.24, 2.45) is 17.8 Å². The van der Waals surface area contributed by atoms with Crippen LogP contribution >= 0.6 is 0 Å². The van der Waals surface area contributed by atoms with E-state index in [-0.39, 0.29) is 0 Å². The summed E-state index contributed by atoms with van der Waals surface area (Å²) in [6, 6.07) is 0. The second kappa shape index (κ2) is 2.75. The molecule has 1 saturated heterocycles. The van der Waals surface area contributed by atoms with Crippen LogP contribution in [0.2, 0.25) is 0 Å². The quantitative estimate of drug-likeness (QED) is 0.468. The van der Waals surface area contributed by atoms with Gasteiger partial charge in [-0.25, -0.2) is 0 Å². The third-order valence-electron chi connectivity index (χ3n) is 3.29. The first-order valence-electron chi connectivity index (χ1n) is 5.02. The van der Waals surface area contributed by atoms with Gasteiger partial charge in [-0.15, -0.1) is 0 Å². The molecule has 0 radical (unpaired) electrons. The van der Waals surface area contributed by atoms with E-state index in [9.17, 15) is 0 Å². The summed E-state index contributed by atoms with van der Waals surface area (Å²) < 4.78 is 0. The van der Waals surface area contributed by atoms with Crippen LogP contribution in [0.3, 0.4) is 0 Å². The molecular weight excluding hydrogens is 148 g/mol. The van der Waals surface area contributed by atoms with Gasteiger partial charge in [0.2, 0.25) is 0 Å². The average Bonchev–Trinajstić information content (AvgIpc) is 2.80. The minimum atomic E-state index is 0.627. The van der Waals surface area contributed by atoms with Crippen LogP contribution in [0.4, 0.5) is 0 Å². The van der Waals surface area contributed by atoms with Gasteiger partial charge in [-0.3, -0.25) is 5.41 Å². The number of likely N-dealkylation sites (tertiary alicyclic amines) is 1. The normalized spacial score (nSPS) is 35.7. The SMILES string of the molecule is CC1CN(C(=N)C2CC2)CC1C.